The molecule has 4 nitrogen and oxygen atoms in total. The first kappa shape index (κ1) is 15.8. The summed E-state index contributed by atoms with van der Waals surface area (Å²) in [6.07, 6.45) is 13.2. The van der Waals surface area contributed by atoms with Gasteiger partial charge in [0.15, 0.2) is 5.82 Å². The predicted molar refractivity (Wildman–Crippen MR) is 80.9 cm³/mol. The normalized spacial score (nSPS) is 23.9. The van der Waals surface area contributed by atoms with Crippen LogP contribution < -0.4 is 5.73 Å². The van der Waals surface area contributed by atoms with E-state index in [-0.39, 0.29) is 17.9 Å². The summed E-state index contributed by atoms with van der Waals surface area (Å²) in [7, 11) is 0. The summed E-state index contributed by atoms with van der Waals surface area (Å²) in [5.41, 5.74) is 6.20. The van der Waals surface area contributed by atoms with Crippen molar-refractivity contribution in [1.29, 1.82) is 0 Å². The largest absolute Gasteiger partial charge is 0.339 e. The zero-order valence-electron chi connectivity index (χ0n) is 12.1. The summed E-state index contributed by atoms with van der Waals surface area (Å²) >= 11 is 0. The highest BCUT2D eigenvalue weighted by atomic mass is 35.5. The maximum Gasteiger partial charge on any atom is 0.229 e. The third-order valence-corrected chi connectivity index (χ3v) is 4.84. The standard InChI is InChI=1S/C15H25N3O.ClH/c16-15(10-6-1-2-7-11-15)14-17-13(19-18-14)12-8-4-3-5-9-12;/h12H,1-11,16H2;1H. The number of nitrogens with two attached hydrogens (primary N) is 1. The Kier molecular flexibility index (Phi) is 5.44. The van der Waals surface area contributed by atoms with Gasteiger partial charge in [-0.1, -0.05) is 50.1 Å². The molecule has 2 fully saturated rings. The zero-order chi connectivity index (χ0) is 13.1. The lowest BCUT2D eigenvalue weighted by Crippen LogP contribution is -2.37. The molecule has 0 unspecified atom stereocenters. The van der Waals surface area contributed by atoms with Crippen molar-refractivity contribution in [3.8, 4) is 0 Å². The number of aromatic nitrogens is 2. The summed E-state index contributed by atoms with van der Waals surface area (Å²) in [5.74, 6) is 2.07. The lowest BCUT2D eigenvalue weighted by atomic mass is 9.88. The summed E-state index contributed by atoms with van der Waals surface area (Å²) in [6, 6.07) is 0. The van der Waals surface area contributed by atoms with Crippen LogP contribution in [0, 0.1) is 0 Å². The first-order valence-corrected chi connectivity index (χ1v) is 7.91. The van der Waals surface area contributed by atoms with Crippen molar-refractivity contribution in [3.63, 3.8) is 0 Å². The molecule has 0 bridgehead atoms. The number of hydrogen-bond acceptors (Lipinski definition) is 4. The van der Waals surface area contributed by atoms with Crippen molar-refractivity contribution in [2.75, 3.05) is 0 Å². The Morgan fingerprint density at radius 3 is 2.20 bits per heavy atom. The second kappa shape index (κ2) is 6.90. The number of nitrogens with zero attached hydrogens (tertiary/aromatic N) is 2. The summed E-state index contributed by atoms with van der Waals surface area (Å²) in [6.45, 7) is 0. The molecule has 0 aromatic carbocycles. The Hall–Kier alpha value is -0.610. The van der Waals surface area contributed by atoms with Crippen LogP contribution in [0.2, 0.25) is 0 Å². The van der Waals surface area contributed by atoms with Crippen molar-refractivity contribution in [2.45, 2.75) is 82.1 Å². The molecule has 5 heteroatoms. The Morgan fingerprint density at radius 2 is 1.55 bits per heavy atom. The van der Waals surface area contributed by atoms with Crippen LogP contribution in [-0.4, -0.2) is 10.1 Å². The minimum absolute atomic E-state index is 0. The molecule has 2 saturated carbocycles. The molecule has 1 heterocycles. The van der Waals surface area contributed by atoms with Crippen molar-refractivity contribution in [1.82, 2.24) is 10.1 Å². The van der Waals surface area contributed by atoms with Crippen LogP contribution in [0.3, 0.4) is 0 Å². The first-order chi connectivity index (χ1) is 9.28. The van der Waals surface area contributed by atoms with Gasteiger partial charge in [0.2, 0.25) is 5.89 Å². The summed E-state index contributed by atoms with van der Waals surface area (Å²) in [5, 5.41) is 4.22. The lowest BCUT2D eigenvalue weighted by Gasteiger charge is -2.23. The van der Waals surface area contributed by atoms with E-state index in [2.05, 4.69) is 10.1 Å². The van der Waals surface area contributed by atoms with Crippen molar-refractivity contribution in [2.24, 2.45) is 5.73 Å². The zero-order valence-corrected chi connectivity index (χ0v) is 13.0. The van der Waals surface area contributed by atoms with Gasteiger partial charge in [-0.3, -0.25) is 0 Å². The predicted octanol–water partition coefficient (Wildman–Crippen LogP) is 4.05. The highest BCUT2D eigenvalue weighted by Gasteiger charge is 2.34. The maximum atomic E-state index is 6.54. The Labute approximate surface area is 127 Å². The van der Waals surface area contributed by atoms with Gasteiger partial charge in [0.1, 0.15) is 0 Å². The fraction of sp³-hybridized carbons (Fsp3) is 0.867. The number of halogens is 1. The van der Waals surface area contributed by atoms with E-state index in [1.54, 1.807) is 0 Å². The molecule has 114 valence electrons. The average molecular weight is 300 g/mol. The monoisotopic (exact) mass is 299 g/mol. The van der Waals surface area contributed by atoms with Crippen LogP contribution in [0.1, 0.15) is 88.3 Å². The van der Waals surface area contributed by atoms with Gasteiger partial charge in [0.25, 0.3) is 0 Å². The van der Waals surface area contributed by atoms with E-state index in [0.29, 0.717) is 5.92 Å². The smallest absolute Gasteiger partial charge is 0.229 e. The third-order valence-electron chi connectivity index (χ3n) is 4.84. The molecule has 2 aliphatic rings. The maximum absolute atomic E-state index is 6.54. The van der Waals surface area contributed by atoms with E-state index in [1.807, 2.05) is 0 Å². The molecule has 1 aromatic heterocycles. The van der Waals surface area contributed by atoms with E-state index in [1.165, 1.54) is 57.8 Å². The topological polar surface area (TPSA) is 64.9 Å². The Bertz CT molecular complexity index is 407. The Morgan fingerprint density at radius 1 is 0.950 bits per heavy atom. The summed E-state index contributed by atoms with van der Waals surface area (Å²) < 4.78 is 5.52. The van der Waals surface area contributed by atoms with E-state index >= 15 is 0 Å². The molecule has 0 aliphatic heterocycles. The second-order valence-electron chi connectivity index (χ2n) is 6.36. The molecule has 0 amide bonds. The first-order valence-electron chi connectivity index (χ1n) is 7.91. The van der Waals surface area contributed by atoms with Crippen LogP contribution in [0.15, 0.2) is 4.52 Å². The van der Waals surface area contributed by atoms with Crippen LogP contribution >= 0.6 is 12.4 Å². The molecule has 0 spiro atoms. The lowest BCUT2D eigenvalue weighted by molar-refractivity contribution is 0.299. The molecule has 0 saturated heterocycles. The minimum Gasteiger partial charge on any atom is -0.339 e. The highest BCUT2D eigenvalue weighted by molar-refractivity contribution is 5.85. The molecule has 1 aromatic rings. The molecule has 2 aliphatic carbocycles. The van der Waals surface area contributed by atoms with Crippen LogP contribution in [0.4, 0.5) is 0 Å². The van der Waals surface area contributed by atoms with Gasteiger partial charge in [-0.15, -0.1) is 12.4 Å². The van der Waals surface area contributed by atoms with Gasteiger partial charge >= 0.3 is 0 Å². The molecule has 2 N–H and O–H groups in total. The minimum atomic E-state index is -0.340. The van der Waals surface area contributed by atoms with Crippen LogP contribution in [0.25, 0.3) is 0 Å². The van der Waals surface area contributed by atoms with E-state index < -0.39 is 0 Å². The Balaban J connectivity index is 0.00000147. The highest BCUT2D eigenvalue weighted by Crippen LogP contribution is 2.35. The van der Waals surface area contributed by atoms with Crippen LogP contribution in [0.5, 0.6) is 0 Å². The van der Waals surface area contributed by atoms with E-state index in [0.717, 1.165) is 24.6 Å². The molecular weight excluding hydrogens is 274 g/mol. The SMILES string of the molecule is Cl.NC1(c2noc(C3CCCCC3)n2)CCCCCC1. The van der Waals surface area contributed by atoms with Gasteiger partial charge in [0.05, 0.1) is 5.54 Å². The number of rotatable bonds is 2. The average Bonchev–Trinajstić information content (AvgIpc) is 2.85. The molecule has 3 rings (SSSR count). The summed E-state index contributed by atoms with van der Waals surface area (Å²) in [4.78, 5) is 4.67. The second-order valence-corrected chi connectivity index (χ2v) is 6.36. The van der Waals surface area contributed by atoms with E-state index in [9.17, 15) is 0 Å². The fourth-order valence-corrected chi connectivity index (χ4v) is 3.54. The molecular formula is C15H26ClN3O. The van der Waals surface area contributed by atoms with Gasteiger partial charge < -0.3 is 10.3 Å². The van der Waals surface area contributed by atoms with E-state index in [4.69, 9.17) is 10.3 Å². The quantitative estimate of drug-likeness (QED) is 0.837. The molecule has 0 atom stereocenters. The molecule has 0 radical (unpaired) electrons. The van der Waals surface area contributed by atoms with Gasteiger partial charge in [-0.2, -0.15) is 4.98 Å². The number of hydrogen-bond donors (Lipinski definition) is 1. The third kappa shape index (κ3) is 3.34. The van der Waals surface area contributed by atoms with Gasteiger partial charge in [0, 0.05) is 5.92 Å². The van der Waals surface area contributed by atoms with Gasteiger partial charge in [-0.05, 0) is 25.7 Å². The molecule has 20 heavy (non-hydrogen) atoms. The van der Waals surface area contributed by atoms with Gasteiger partial charge in [-0.25, -0.2) is 0 Å². The fourth-order valence-electron chi connectivity index (χ4n) is 3.54. The van der Waals surface area contributed by atoms with Crippen molar-refractivity contribution >= 4 is 12.4 Å². The van der Waals surface area contributed by atoms with Crippen molar-refractivity contribution < 1.29 is 4.52 Å². The van der Waals surface area contributed by atoms with Crippen LogP contribution in [-0.2, 0) is 5.54 Å². The van der Waals surface area contributed by atoms with Crippen molar-refractivity contribution in [3.05, 3.63) is 11.7 Å².